The highest BCUT2D eigenvalue weighted by Crippen LogP contribution is 2.23. The molecule has 1 amide bonds. The second-order valence-corrected chi connectivity index (χ2v) is 23.2. The van der Waals surface area contributed by atoms with Gasteiger partial charge in [0.25, 0.3) is 0 Å². The fourth-order valence-corrected chi connectivity index (χ4v) is 10.4. The van der Waals surface area contributed by atoms with E-state index >= 15 is 0 Å². The molecule has 6 N–H and O–H groups in total. The van der Waals surface area contributed by atoms with Crippen molar-refractivity contribution in [1.29, 1.82) is 0 Å². The average Bonchev–Trinajstić information content (AvgIpc) is 3.45. The van der Waals surface area contributed by atoms with E-state index in [0.29, 0.717) is 19.4 Å². The van der Waals surface area contributed by atoms with E-state index in [9.17, 15) is 35.1 Å². The summed E-state index contributed by atoms with van der Waals surface area (Å²) in [6, 6.07) is -0.809. The van der Waals surface area contributed by atoms with Crippen molar-refractivity contribution in [2.24, 2.45) is 0 Å². The zero-order chi connectivity index (χ0) is 56.6. The molecular formula is C67H125NO10. The van der Waals surface area contributed by atoms with Crippen LogP contribution in [0.15, 0.2) is 36.5 Å². The van der Waals surface area contributed by atoms with E-state index in [0.717, 1.165) is 57.8 Å². The number of carbonyl (C=O) groups excluding carboxylic acids is 2. The summed E-state index contributed by atoms with van der Waals surface area (Å²) in [5.74, 6) is -0.186. The van der Waals surface area contributed by atoms with Gasteiger partial charge >= 0.3 is 5.97 Å². The summed E-state index contributed by atoms with van der Waals surface area (Å²) in [6.07, 6.45) is 61.2. The highest BCUT2D eigenvalue weighted by molar-refractivity contribution is 5.76. The quantitative estimate of drug-likeness (QED) is 0.0195. The van der Waals surface area contributed by atoms with Gasteiger partial charge in [0.1, 0.15) is 24.4 Å². The molecule has 7 unspecified atom stereocenters. The molecule has 0 aliphatic carbocycles. The molecule has 1 aliphatic heterocycles. The molecule has 0 aromatic rings. The second kappa shape index (κ2) is 56.7. The first kappa shape index (κ1) is 73.9. The third kappa shape index (κ3) is 45.5. The Hall–Kier alpha value is -2.12. The van der Waals surface area contributed by atoms with E-state index in [4.69, 9.17) is 14.2 Å². The van der Waals surface area contributed by atoms with Crippen molar-refractivity contribution in [2.75, 3.05) is 19.8 Å². The molecular weight excluding hydrogens is 979 g/mol. The summed E-state index contributed by atoms with van der Waals surface area (Å²) in [5.41, 5.74) is 0. The maximum atomic E-state index is 13.0. The van der Waals surface area contributed by atoms with E-state index in [2.05, 4.69) is 43.5 Å². The molecule has 78 heavy (non-hydrogen) atoms. The number of amides is 1. The standard InChI is InChI=1S/C67H125NO10/c1-3-5-7-9-11-13-33-37-41-45-49-53-60(70)59(58-77-67-66(75)65(74)64(73)61(57-69)78-67)68-62(71)54-50-46-42-38-35-31-29-27-25-23-21-19-17-15-16-18-20-22-24-26-28-30-32-36-40-44-48-52-56-76-63(72)55-51-47-43-39-34-14-12-10-8-6-4-2/h10,12,15-16,49,53,59-61,64-67,69-70,73-75H,3-9,11,13-14,17-48,50-52,54-58H2,1-2H3,(H,68,71)/b12-10-,16-15-,53-49+. The summed E-state index contributed by atoms with van der Waals surface area (Å²) in [5, 5.41) is 54.4. The van der Waals surface area contributed by atoms with Crippen LogP contribution in [-0.4, -0.2) is 100 Å². The molecule has 1 fully saturated rings. The lowest BCUT2D eigenvalue weighted by atomic mass is 9.99. The van der Waals surface area contributed by atoms with Gasteiger partial charge < -0.3 is 45.1 Å². The number of nitrogens with one attached hydrogen (secondary N) is 1. The molecule has 1 saturated heterocycles. The highest BCUT2D eigenvalue weighted by atomic mass is 16.7. The van der Waals surface area contributed by atoms with Crippen molar-refractivity contribution in [3.8, 4) is 0 Å². The van der Waals surface area contributed by atoms with Gasteiger partial charge in [0, 0.05) is 12.8 Å². The van der Waals surface area contributed by atoms with Crippen LogP contribution in [0.5, 0.6) is 0 Å². The number of aliphatic hydroxyl groups excluding tert-OH is 5. The maximum Gasteiger partial charge on any atom is 0.305 e. The molecule has 1 heterocycles. The summed E-state index contributed by atoms with van der Waals surface area (Å²) in [4.78, 5) is 25.0. The zero-order valence-corrected chi connectivity index (χ0v) is 50.6. The number of unbranched alkanes of at least 4 members (excludes halogenated alkanes) is 40. The van der Waals surface area contributed by atoms with Crippen molar-refractivity contribution in [1.82, 2.24) is 5.32 Å². The van der Waals surface area contributed by atoms with E-state index in [1.807, 2.05) is 6.08 Å². The number of carbonyl (C=O) groups is 2. The number of ether oxygens (including phenoxy) is 3. The van der Waals surface area contributed by atoms with Crippen molar-refractivity contribution in [2.45, 2.75) is 358 Å². The molecule has 1 aliphatic rings. The molecule has 11 heteroatoms. The average molecular weight is 1100 g/mol. The van der Waals surface area contributed by atoms with Gasteiger partial charge in [0.15, 0.2) is 6.29 Å². The van der Waals surface area contributed by atoms with Crippen molar-refractivity contribution >= 4 is 11.9 Å². The molecule has 0 radical (unpaired) electrons. The largest absolute Gasteiger partial charge is 0.466 e. The molecule has 1 rings (SSSR count). The first-order chi connectivity index (χ1) is 38.2. The summed E-state index contributed by atoms with van der Waals surface area (Å²) < 4.78 is 16.7. The Morgan fingerprint density at radius 3 is 1.27 bits per heavy atom. The van der Waals surface area contributed by atoms with Gasteiger partial charge in [-0.2, -0.15) is 0 Å². The minimum Gasteiger partial charge on any atom is -0.466 e. The SMILES string of the molecule is CCCC/C=C\CCCCCCCC(=O)OCCCCCCCCCCCCCC/C=C\CCCCCCCCCCCCCCC(=O)NC(COC1OC(CO)C(O)C(O)C1O)C(O)/C=C/CCCCCCCCCCC. The normalized spacial score (nSPS) is 18.7. The summed E-state index contributed by atoms with van der Waals surface area (Å²) in [6.45, 7) is 4.31. The van der Waals surface area contributed by atoms with Crippen LogP contribution in [0.1, 0.15) is 316 Å². The highest BCUT2D eigenvalue weighted by Gasteiger charge is 2.44. The van der Waals surface area contributed by atoms with Crippen LogP contribution >= 0.6 is 0 Å². The van der Waals surface area contributed by atoms with E-state index in [-0.39, 0.29) is 18.5 Å². The first-order valence-electron chi connectivity index (χ1n) is 33.3. The second-order valence-electron chi connectivity index (χ2n) is 23.2. The van der Waals surface area contributed by atoms with E-state index < -0.39 is 49.5 Å². The number of allylic oxidation sites excluding steroid dienone is 5. The predicted molar refractivity (Wildman–Crippen MR) is 324 cm³/mol. The van der Waals surface area contributed by atoms with Crippen LogP contribution in [0.4, 0.5) is 0 Å². The Kier molecular flexibility index (Phi) is 53.7. The van der Waals surface area contributed by atoms with Gasteiger partial charge in [0.05, 0.1) is 32.0 Å². The summed E-state index contributed by atoms with van der Waals surface area (Å²) in [7, 11) is 0. The van der Waals surface area contributed by atoms with Crippen molar-refractivity contribution in [3.63, 3.8) is 0 Å². The molecule has 0 bridgehead atoms. The number of hydrogen-bond acceptors (Lipinski definition) is 10. The Bertz CT molecular complexity index is 1390. The van der Waals surface area contributed by atoms with Gasteiger partial charge in [0.2, 0.25) is 5.91 Å². The Balaban J connectivity index is 1.98. The molecule has 0 spiro atoms. The van der Waals surface area contributed by atoms with Gasteiger partial charge in [-0.1, -0.05) is 262 Å². The molecule has 0 saturated carbocycles. The fourth-order valence-electron chi connectivity index (χ4n) is 10.4. The lowest BCUT2D eigenvalue weighted by Gasteiger charge is -2.40. The zero-order valence-electron chi connectivity index (χ0n) is 50.6. The maximum absolute atomic E-state index is 13.0. The molecule has 0 aromatic heterocycles. The number of rotatable bonds is 58. The minimum absolute atomic E-state index is 0.00445. The molecule has 11 nitrogen and oxygen atoms in total. The monoisotopic (exact) mass is 1100 g/mol. The smallest absolute Gasteiger partial charge is 0.305 e. The molecule has 458 valence electrons. The lowest BCUT2D eigenvalue weighted by Crippen LogP contribution is -2.60. The summed E-state index contributed by atoms with van der Waals surface area (Å²) >= 11 is 0. The van der Waals surface area contributed by atoms with Gasteiger partial charge in [-0.3, -0.25) is 9.59 Å². The van der Waals surface area contributed by atoms with Crippen LogP contribution in [0.25, 0.3) is 0 Å². The van der Waals surface area contributed by atoms with Crippen LogP contribution in [0.2, 0.25) is 0 Å². The van der Waals surface area contributed by atoms with Crippen LogP contribution in [0, 0.1) is 0 Å². The topological polar surface area (TPSA) is 175 Å². The van der Waals surface area contributed by atoms with Crippen molar-refractivity contribution < 1.29 is 49.3 Å². The molecule has 7 atom stereocenters. The van der Waals surface area contributed by atoms with Gasteiger partial charge in [-0.15, -0.1) is 0 Å². The number of esters is 1. The molecule has 0 aromatic carbocycles. The van der Waals surface area contributed by atoms with E-state index in [1.54, 1.807) is 6.08 Å². The number of aliphatic hydroxyl groups is 5. The Labute approximate surface area is 479 Å². The van der Waals surface area contributed by atoms with Gasteiger partial charge in [-0.25, -0.2) is 0 Å². The Morgan fingerprint density at radius 1 is 0.462 bits per heavy atom. The minimum atomic E-state index is -1.57. The van der Waals surface area contributed by atoms with Crippen LogP contribution in [-0.2, 0) is 23.8 Å². The predicted octanol–water partition coefficient (Wildman–Crippen LogP) is 16.2. The third-order valence-electron chi connectivity index (χ3n) is 15.7. The van der Waals surface area contributed by atoms with Crippen molar-refractivity contribution in [3.05, 3.63) is 36.5 Å². The van der Waals surface area contributed by atoms with Crippen LogP contribution < -0.4 is 5.32 Å². The van der Waals surface area contributed by atoms with Crippen LogP contribution in [0.3, 0.4) is 0 Å². The number of hydrogen-bond donors (Lipinski definition) is 6. The van der Waals surface area contributed by atoms with E-state index in [1.165, 1.54) is 231 Å². The third-order valence-corrected chi connectivity index (χ3v) is 15.7. The van der Waals surface area contributed by atoms with Gasteiger partial charge in [-0.05, 0) is 77.0 Å². The fraction of sp³-hybridized carbons (Fsp3) is 0.881. The first-order valence-corrected chi connectivity index (χ1v) is 33.3. The lowest BCUT2D eigenvalue weighted by molar-refractivity contribution is -0.302. The Morgan fingerprint density at radius 2 is 0.833 bits per heavy atom.